The van der Waals surface area contributed by atoms with Crippen LogP contribution in [0.2, 0.25) is 0 Å². The zero-order valence-electron chi connectivity index (χ0n) is 5.53. The first-order valence-electron chi connectivity index (χ1n) is 2.33. The fraction of sp³-hybridized carbons (Fsp3) is 0.667. The van der Waals surface area contributed by atoms with Crippen LogP contribution in [0.4, 0.5) is 4.39 Å². The molecule has 12 heavy (non-hydrogen) atoms. The Balaban J connectivity index is -0.000000142. The maximum absolute atomic E-state index is 11.9. The van der Waals surface area contributed by atoms with Gasteiger partial charge < -0.3 is 20.2 Å². The molecule has 0 radical (unpaired) electrons. The number of carboxylic acids is 1. The van der Waals surface area contributed by atoms with Crippen molar-refractivity contribution < 1.29 is 29.4 Å². The van der Waals surface area contributed by atoms with E-state index in [4.69, 9.17) is 20.2 Å². The summed E-state index contributed by atoms with van der Waals surface area (Å²) in [7, 11) is -2.17. The van der Waals surface area contributed by atoms with Crippen molar-refractivity contribution in [3.8, 4) is 0 Å². The number of hydrogen-bond donors (Lipinski definition) is 4. The van der Waals surface area contributed by atoms with Gasteiger partial charge in [0.15, 0.2) is 0 Å². The number of carboxylic acid groups (broad SMARTS) is 1. The molecule has 0 spiro atoms. The molecule has 5 nitrogen and oxygen atoms in total. The van der Waals surface area contributed by atoms with Gasteiger partial charge in [-0.25, -0.2) is 9.18 Å². The second kappa shape index (κ2) is 8.28. The normalized spacial score (nSPS) is 12.8. The van der Waals surface area contributed by atoms with E-state index in [0.717, 1.165) is 6.92 Å². The van der Waals surface area contributed by atoms with Crippen LogP contribution in [0, 0.1) is 0 Å². The average Bonchev–Trinajstić information content (AvgIpc) is 1.59. The Bertz CT molecular complexity index is 126. The molecular weight excluding hydrogens is 280 g/mol. The van der Waals surface area contributed by atoms with Crippen molar-refractivity contribution in [1.29, 1.82) is 0 Å². The predicted octanol–water partition coefficient (Wildman–Crippen LogP) is -1.51. The molecule has 0 saturated heterocycles. The van der Waals surface area contributed by atoms with Crippen molar-refractivity contribution in [2.24, 2.45) is 0 Å². The Morgan fingerprint density at radius 1 is 1.50 bits per heavy atom. The molecule has 0 aromatic rings. The minimum atomic E-state index is -2.17. The molecule has 1 unspecified atom stereocenters. The first-order valence-corrected chi connectivity index (χ1v) is 3.41. The van der Waals surface area contributed by atoms with E-state index in [1.165, 1.54) is 22.6 Å². The number of alkyl halides is 2. The predicted molar refractivity (Wildman–Crippen MR) is 50.7 cm³/mol. The molecule has 0 bridgehead atoms. The topological polar surface area (TPSA) is 98.0 Å². The van der Waals surface area contributed by atoms with Crippen LogP contribution in [0.1, 0.15) is 6.92 Å². The summed E-state index contributed by atoms with van der Waals surface area (Å²) in [5, 5.41) is 29.4. The summed E-state index contributed by atoms with van der Waals surface area (Å²) in [5.74, 6) is -1.44. The first kappa shape index (κ1) is 18.5. The van der Waals surface area contributed by atoms with E-state index in [9.17, 15) is 9.18 Å². The molecule has 0 rings (SSSR count). The van der Waals surface area contributed by atoms with Crippen LogP contribution in [0.5, 0.6) is 0 Å². The maximum atomic E-state index is 11.9. The van der Waals surface area contributed by atoms with Gasteiger partial charge in [0.05, 0.1) is 0 Å². The van der Waals surface area contributed by atoms with Crippen molar-refractivity contribution >= 4 is 54.7 Å². The fourth-order valence-corrected chi connectivity index (χ4v) is 0. The molecule has 0 aliphatic rings. The number of rotatable bonds is 1. The van der Waals surface area contributed by atoms with Crippen molar-refractivity contribution in [2.75, 3.05) is 0 Å². The van der Waals surface area contributed by atoms with Gasteiger partial charge in [0, 0.05) is 0 Å². The summed E-state index contributed by atoms with van der Waals surface area (Å²) in [6.07, 6.45) is 0. The van der Waals surface area contributed by atoms with E-state index in [2.05, 4.69) is 0 Å². The standard InChI is InChI=1S/C3H4FIO2.BH3O3.Li.H/c1-3(4,5)2(6)7;2-1(3)4;;/h1H3,(H,6,7);2-4H;;. The number of hydrogen-bond acceptors (Lipinski definition) is 4. The molecule has 9 heteroatoms. The van der Waals surface area contributed by atoms with Gasteiger partial charge in [0.25, 0.3) is 3.68 Å². The Labute approximate surface area is 94.5 Å². The Kier molecular flexibility index (Phi) is 12.7. The van der Waals surface area contributed by atoms with E-state index < -0.39 is 17.0 Å². The Hall–Kier alpha value is 0.672. The molecule has 0 aromatic heterocycles. The van der Waals surface area contributed by atoms with Crippen LogP contribution in [0.25, 0.3) is 0 Å². The summed E-state index contributed by atoms with van der Waals surface area (Å²) in [5.41, 5.74) is 0. The van der Waals surface area contributed by atoms with Crippen molar-refractivity contribution in [3.05, 3.63) is 0 Å². The third-order valence-corrected chi connectivity index (χ3v) is 0.837. The first-order chi connectivity index (χ1) is 4.68. The summed E-state index contributed by atoms with van der Waals surface area (Å²) in [6.45, 7) is 0.982. The third-order valence-electron chi connectivity index (χ3n) is 0.376. The fourth-order valence-electron chi connectivity index (χ4n) is 0. The zero-order valence-corrected chi connectivity index (χ0v) is 7.69. The zero-order chi connectivity index (χ0) is 9.65. The van der Waals surface area contributed by atoms with Gasteiger partial charge in [-0.1, -0.05) is 0 Å². The van der Waals surface area contributed by atoms with Crippen LogP contribution in [0.3, 0.4) is 0 Å². The molecule has 0 aliphatic carbocycles. The monoisotopic (exact) mass is 288 g/mol. The quantitative estimate of drug-likeness (QED) is 0.267. The Morgan fingerprint density at radius 2 is 1.58 bits per heavy atom. The van der Waals surface area contributed by atoms with Crippen molar-refractivity contribution in [1.82, 2.24) is 0 Å². The summed E-state index contributed by atoms with van der Waals surface area (Å²) < 4.78 is 9.79. The van der Waals surface area contributed by atoms with Gasteiger partial charge in [-0.15, -0.1) is 0 Å². The van der Waals surface area contributed by atoms with E-state index in [1.54, 1.807) is 0 Å². The van der Waals surface area contributed by atoms with E-state index in [1.807, 2.05) is 0 Å². The van der Waals surface area contributed by atoms with Crippen LogP contribution >= 0.6 is 22.6 Å². The average molecular weight is 288 g/mol. The van der Waals surface area contributed by atoms with Gasteiger partial charge in [0.1, 0.15) is 0 Å². The van der Waals surface area contributed by atoms with Crippen LogP contribution in [0.15, 0.2) is 0 Å². The molecule has 0 saturated carbocycles. The van der Waals surface area contributed by atoms with Gasteiger partial charge >= 0.3 is 32.2 Å². The van der Waals surface area contributed by atoms with E-state index >= 15 is 0 Å². The third kappa shape index (κ3) is 22.4. The SMILES string of the molecule is CC(F)(I)C(=O)O.OB(O)O.[LiH]. The molecule has 0 aliphatic heterocycles. The second-order valence-electron chi connectivity index (χ2n) is 1.54. The second-order valence-corrected chi connectivity index (χ2v) is 3.57. The molecule has 68 valence electrons. The number of halogens is 2. The molecule has 0 aromatic carbocycles. The summed E-state index contributed by atoms with van der Waals surface area (Å²) >= 11 is 1.20. The summed E-state index contributed by atoms with van der Waals surface area (Å²) in [4.78, 5) is 9.64. The molecule has 0 fully saturated rings. The van der Waals surface area contributed by atoms with Crippen LogP contribution in [-0.4, -0.2) is 56.0 Å². The van der Waals surface area contributed by atoms with Gasteiger partial charge in [-0.3, -0.25) is 0 Å². The van der Waals surface area contributed by atoms with Crippen molar-refractivity contribution in [3.63, 3.8) is 0 Å². The molecular formula is C3H8BFILiO5. The van der Waals surface area contributed by atoms with Crippen LogP contribution in [-0.2, 0) is 4.79 Å². The molecule has 0 amide bonds. The Morgan fingerprint density at radius 3 is 1.58 bits per heavy atom. The van der Waals surface area contributed by atoms with Gasteiger partial charge in [-0.05, 0) is 29.5 Å². The van der Waals surface area contributed by atoms with Crippen LogP contribution < -0.4 is 0 Å². The van der Waals surface area contributed by atoms with Crippen molar-refractivity contribution in [2.45, 2.75) is 10.6 Å². The number of carbonyl (C=O) groups is 1. The van der Waals surface area contributed by atoms with E-state index in [0.29, 0.717) is 0 Å². The molecule has 1 atom stereocenters. The molecule has 0 heterocycles. The summed E-state index contributed by atoms with van der Waals surface area (Å²) in [6, 6.07) is 0. The van der Waals surface area contributed by atoms with E-state index in [-0.39, 0.29) is 18.9 Å². The molecule has 4 N–H and O–H groups in total. The van der Waals surface area contributed by atoms with Gasteiger partial charge in [0.2, 0.25) is 0 Å². The van der Waals surface area contributed by atoms with Gasteiger partial charge in [-0.2, -0.15) is 0 Å². The minimum absolute atomic E-state index is 0. The number of aliphatic carboxylic acids is 1.